The van der Waals surface area contributed by atoms with Crippen LogP contribution in [-0.2, 0) is 17.8 Å². The van der Waals surface area contributed by atoms with Crippen LogP contribution in [0, 0.1) is 0 Å². The van der Waals surface area contributed by atoms with E-state index >= 15 is 0 Å². The van der Waals surface area contributed by atoms with Gasteiger partial charge >= 0.3 is 0 Å². The Morgan fingerprint density at radius 2 is 1.80 bits per heavy atom. The molecule has 6 heteroatoms. The van der Waals surface area contributed by atoms with E-state index in [1.807, 2.05) is 55.6 Å². The fourth-order valence-corrected chi connectivity index (χ4v) is 3.67. The third kappa shape index (κ3) is 6.32. The first-order chi connectivity index (χ1) is 14.5. The number of carbonyl (C=O) groups is 1. The zero-order valence-corrected chi connectivity index (χ0v) is 18.2. The molecule has 0 saturated heterocycles. The van der Waals surface area contributed by atoms with Gasteiger partial charge in [0.25, 0.3) is 5.56 Å². The average molecular weight is 422 g/mol. The molecule has 1 unspecified atom stereocenters. The van der Waals surface area contributed by atoms with E-state index in [-0.39, 0.29) is 24.1 Å². The van der Waals surface area contributed by atoms with Gasteiger partial charge in [0.05, 0.1) is 5.69 Å². The number of nitrogens with zero attached hydrogens (tertiary/aromatic N) is 2. The standard InChI is InChI=1S/C24H27N3O2S/c1-18(7-6-10-19-8-4-3-5-9-19)25-23(28)17-27-24(29)16-15-22(26-27)20-11-13-21(30-2)14-12-20/h3-5,8-9,11-16,18H,6-7,10,17H2,1-2H3,(H,25,28). The number of benzene rings is 2. The number of nitrogens with one attached hydrogen (secondary N) is 1. The molecule has 1 N–H and O–H groups in total. The van der Waals surface area contributed by atoms with Crippen LogP contribution in [-0.4, -0.2) is 28.0 Å². The topological polar surface area (TPSA) is 64.0 Å². The fourth-order valence-electron chi connectivity index (χ4n) is 3.26. The number of rotatable bonds is 9. The highest BCUT2D eigenvalue weighted by Crippen LogP contribution is 2.20. The monoisotopic (exact) mass is 421 g/mol. The minimum atomic E-state index is -0.286. The van der Waals surface area contributed by atoms with Crippen molar-refractivity contribution in [1.82, 2.24) is 15.1 Å². The summed E-state index contributed by atoms with van der Waals surface area (Å²) in [6, 6.07) is 21.5. The molecule has 1 atom stereocenters. The third-order valence-corrected chi connectivity index (χ3v) is 5.64. The zero-order valence-electron chi connectivity index (χ0n) is 17.4. The summed E-state index contributed by atoms with van der Waals surface area (Å²) in [7, 11) is 0. The van der Waals surface area contributed by atoms with Crippen LogP contribution in [0.15, 0.2) is 76.4 Å². The van der Waals surface area contributed by atoms with Crippen molar-refractivity contribution in [3.05, 3.63) is 82.6 Å². The Bertz CT molecular complexity index is 1020. The summed E-state index contributed by atoms with van der Waals surface area (Å²) in [4.78, 5) is 25.8. The molecule has 0 aliphatic rings. The van der Waals surface area contributed by atoms with Gasteiger partial charge in [-0.3, -0.25) is 9.59 Å². The van der Waals surface area contributed by atoms with Gasteiger partial charge in [0.15, 0.2) is 0 Å². The van der Waals surface area contributed by atoms with Crippen molar-refractivity contribution in [2.45, 2.75) is 43.7 Å². The van der Waals surface area contributed by atoms with E-state index in [0.29, 0.717) is 5.69 Å². The molecule has 2 aromatic carbocycles. The molecule has 1 heterocycles. The largest absolute Gasteiger partial charge is 0.352 e. The van der Waals surface area contributed by atoms with Crippen LogP contribution >= 0.6 is 11.8 Å². The second kappa shape index (κ2) is 10.8. The number of thioether (sulfide) groups is 1. The summed E-state index contributed by atoms with van der Waals surface area (Å²) in [6.07, 6.45) is 4.88. The van der Waals surface area contributed by atoms with Gasteiger partial charge in [-0.25, -0.2) is 4.68 Å². The summed E-state index contributed by atoms with van der Waals surface area (Å²) in [6.45, 7) is 1.90. The van der Waals surface area contributed by atoms with Crippen molar-refractivity contribution in [2.75, 3.05) is 6.26 Å². The molecule has 0 spiro atoms. The minimum absolute atomic E-state index is 0.0409. The highest BCUT2D eigenvalue weighted by Gasteiger charge is 2.11. The minimum Gasteiger partial charge on any atom is -0.352 e. The van der Waals surface area contributed by atoms with Gasteiger partial charge in [0, 0.05) is 22.6 Å². The Labute approximate surface area is 181 Å². The van der Waals surface area contributed by atoms with E-state index in [0.717, 1.165) is 29.7 Å². The van der Waals surface area contributed by atoms with Crippen molar-refractivity contribution >= 4 is 17.7 Å². The van der Waals surface area contributed by atoms with Crippen LogP contribution in [0.2, 0.25) is 0 Å². The first kappa shape index (κ1) is 21.8. The lowest BCUT2D eigenvalue weighted by atomic mass is 10.1. The second-order valence-electron chi connectivity index (χ2n) is 7.29. The Morgan fingerprint density at radius 3 is 2.50 bits per heavy atom. The van der Waals surface area contributed by atoms with Crippen molar-refractivity contribution in [2.24, 2.45) is 0 Å². The highest BCUT2D eigenvalue weighted by atomic mass is 32.2. The van der Waals surface area contributed by atoms with E-state index < -0.39 is 0 Å². The van der Waals surface area contributed by atoms with Gasteiger partial charge in [-0.15, -0.1) is 11.8 Å². The molecule has 0 bridgehead atoms. The number of aromatic nitrogens is 2. The molecule has 0 saturated carbocycles. The lowest BCUT2D eigenvalue weighted by Crippen LogP contribution is -2.38. The average Bonchev–Trinajstić information content (AvgIpc) is 2.76. The maximum absolute atomic E-state index is 12.4. The van der Waals surface area contributed by atoms with E-state index in [2.05, 4.69) is 22.5 Å². The maximum atomic E-state index is 12.4. The summed E-state index contributed by atoms with van der Waals surface area (Å²) in [5.74, 6) is -0.202. The van der Waals surface area contributed by atoms with Crippen LogP contribution in [0.5, 0.6) is 0 Å². The predicted octanol–water partition coefficient (Wildman–Crippen LogP) is 4.16. The molecule has 1 aromatic heterocycles. The maximum Gasteiger partial charge on any atom is 0.267 e. The normalized spacial score (nSPS) is 11.8. The summed E-state index contributed by atoms with van der Waals surface area (Å²) >= 11 is 1.67. The molecule has 30 heavy (non-hydrogen) atoms. The summed E-state index contributed by atoms with van der Waals surface area (Å²) in [5.41, 5.74) is 2.60. The van der Waals surface area contributed by atoms with Crippen LogP contribution in [0.25, 0.3) is 11.3 Å². The number of amides is 1. The Morgan fingerprint density at radius 1 is 1.07 bits per heavy atom. The van der Waals surface area contributed by atoms with Crippen molar-refractivity contribution in [3.8, 4) is 11.3 Å². The quantitative estimate of drug-likeness (QED) is 0.527. The molecular formula is C24H27N3O2S. The van der Waals surface area contributed by atoms with E-state index in [4.69, 9.17) is 0 Å². The second-order valence-corrected chi connectivity index (χ2v) is 8.17. The first-order valence-electron chi connectivity index (χ1n) is 10.1. The smallest absolute Gasteiger partial charge is 0.267 e. The van der Waals surface area contributed by atoms with Crippen LogP contribution in [0.4, 0.5) is 0 Å². The number of carbonyl (C=O) groups excluding carboxylic acids is 1. The molecule has 0 fully saturated rings. The number of hydrogen-bond donors (Lipinski definition) is 1. The molecule has 5 nitrogen and oxygen atoms in total. The number of hydrogen-bond acceptors (Lipinski definition) is 4. The molecular weight excluding hydrogens is 394 g/mol. The molecule has 1 amide bonds. The molecule has 0 aliphatic carbocycles. The SMILES string of the molecule is CSc1ccc(-c2ccc(=O)n(CC(=O)NC(C)CCCc3ccccc3)n2)cc1. The van der Waals surface area contributed by atoms with Crippen LogP contribution < -0.4 is 10.9 Å². The summed E-state index contributed by atoms with van der Waals surface area (Å²) in [5, 5.41) is 7.36. The Hall–Kier alpha value is -2.86. The van der Waals surface area contributed by atoms with Crippen LogP contribution in [0.3, 0.4) is 0 Å². The first-order valence-corrected chi connectivity index (χ1v) is 11.3. The lowest BCUT2D eigenvalue weighted by molar-refractivity contribution is -0.122. The van der Waals surface area contributed by atoms with Gasteiger partial charge in [0.1, 0.15) is 6.54 Å². The number of aryl methyl sites for hydroxylation is 1. The highest BCUT2D eigenvalue weighted by molar-refractivity contribution is 7.98. The van der Waals surface area contributed by atoms with Crippen molar-refractivity contribution in [1.29, 1.82) is 0 Å². The third-order valence-electron chi connectivity index (χ3n) is 4.90. The van der Waals surface area contributed by atoms with Crippen molar-refractivity contribution < 1.29 is 4.79 Å². The lowest BCUT2D eigenvalue weighted by Gasteiger charge is -2.14. The predicted molar refractivity (Wildman–Crippen MR) is 123 cm³/mol. The molecule has 0 radical (unpaired) electrons. The van der Waals surface area contributed by atoms with E-state index in [9.17, 15) is 9.59 Å². The van der Waals surface area contributed by atoms with Gasteiger partial charge in [-0.2, -0.15) is 5.10 Å². The molecule has 3 rings (SSSR count). The Balaban J connectivity index is 1.55. The van der Waals surface area contributed by atoms with Gasteiger partial charge in [-0.05, 0) is 56.2 Å². The fraction of sp³-hybridized carbons (Fsp3) is 0.292. The van der Waals surface area contributed by atoms with Gasteiger partial charge in [-0.1, -0.05) is 42.5 Å². The summed E-state index contributed by atoms with van der Waals surface area (Å²) < 4.78 is 1.23. The van der Waals surface area contributed by atoms with Gasteiger partial charge in [0.2, 0.25) is 5.91 Å². The molecule has 3 aromatic rings. The van der Waals surface area contributed by atoms with Gasteiger partial charge < -0.3 is 5.32 Å². The zero-order chi connectivity index (χ0) is 21.3. The van der Waals surface area contributed by atoms with Crippen LogP contribution in [0.1, 0.15) is 25.3 Å². The molecule has 0 aliphatic heterocycles. The van der Waals surface area contributed by atoms with E-state index in [1.165, 1.54) is 16.3 Å². The Kier molecular flexibility index (Phi) is 7.85. The van der Waals surface area contributed by atoms with Crippen molar-refractivity contribution in [3.63, 3.8) is 0 Å². The molecule has 156 valence electrons. The van der Waals surface area contributed by atoms with E-state index in [1.54, 1.807) is 17.8 Å².